The number of aromatic hydroxyl groups is 1. The molecule has 0 spiro atoms. The van der Waals surface area contributed by atoms with Crippen LogP contribution in [0.5, 0.6) is 5.75 Å². The first-order valence-electron chi connectivity index (χ1n) is 7.83. The Morgan fingerprint density at radius 3 is 2.67 bits per heavy atom. The fraction of sp³-hybridized carbons (Fsp3) is 0.438. The van der Waals surface area contributed by atoms with Crippen molar-refractivity contribution < 1.29 is 19.8 Å². The highest BCUT2D eigenvalue weighted by Crippen LogP contribution is 2.31. The molecule has 8 heteroatoms. The van der Waals surface area contributed by atoms with Crippen molar-refractivity contribution >= 4 is 17.4 Å². The standard InChI is InChI=1S/C16H19N3O5/c1-8(2)18-16(24)13(15(23)17-7-12(20)21)14(22)11-6-9-4-3-5-10(9)19(11)18/h6,8,22H,3-5,7H2,1-2H3,(H,17,23)(H,20,21). The number of fused-ring (bicyclic) bond motifs is 3. The third kappa shape index (κ3) is 2.34. The minimum absolute atomic E-state index is 0.233. The number of rotatable bonds is 4. The summed E-state index contributed by atoms with van der Waals surface area (Å²) in [5, 5.41) is 21.3. The van der Waals surface area contributed by atoms with Crippen LogP contribution in [0.2, 0.25) is 0 Å². The Morgan fingerprint density at radius 1 is 1.33 bits per heavy atom. The number of carbonyl (C=O) groups excluding carboxylic acids is 1. The second kappa shape index (κ2) is 5.70. The number of hydrogen-bond acceptors (Lipinski definition) is 4. The molecule has 2 heterocycles. The first kappa shape index (κ1) is 16.1. The average Bonchev–Trinajstić information content (AvgIpc) is 3.07. The average molecular weight is 333 g/mol. The summed E-state index contributed by atoms with van der Waals surface area (Å²) in [5.74, 6) is -2.53. The van der Waals surface area contributed by atoms with E-state index >= 15 is 0 Å². The molecule has 0 aliphatic heterocycles. The Morgan fingerprint density at radius 2 is 2.04 bits per heavy atom. The summed E-state index contributed by atoms with van der Waals surface area (Å²) < 4.78 is 3.13. The maximum absolute atomic E-state index is 12.8. The normalized spacial score (nSPS) is 13.5. The second-order valence-corrected chi connectivity index (χ2v) is 6.21. The van der Waals surface area contributed by atoms with Gasteiger partial charge < -0.3 is 15.5 Å². The third-order valence-electron chi connectivity index (χ3n) is 4.26. The van der Waals surface area contributed by atoms with Gasteiger partial charge in [0.15, 0.2) is 5.75 Å². The zero-order valence-corrected chi connectivity index (χ0v) is 13.5. The molecule has 2 aromatic heterocycles. The molecule has 24 heavy (non-hydrogen) atoms. The van der Waals surface area contributed by atoms with Gasteiger partial charge in [-0.25, -0.2) is 4.68 Å². The number of amides is 1. The summed E-state index contributed by atoms with van der Waals surface area (Å²) in [4.78, 5) is 35.7. The van der Waals surface area contributed by atoms with Gasteiger partial charge in [-0.15, -0.1) is 0 Å². The second-order valence-electron chi connectivity index (χ2n) is 6.21. The Kier molecular flexibility index (Phi) is 3.82. The van der Waals surface area contributed by atoms with E-state index in [1.54, 1.807) is 10.6 Å². The van der Waals surface area contributed by atoms with Crippen molar-refractivity contribution in [3.63, 3.8) is 0 Å². The summed E-state index contributed by atoms with van der Waals surface area (Å²) in [6, 6.07) is 1.56. The molecule has 0 aromatic carbocycles. The Labute approximate surface area is 137 Å². The summed E-state index contributed by atoms with van der Waals surface area (Å²) in [5.41, 5.74) is 1.37. The molecule has 3 rings (SSSR count). The number of aromatic nitrogens is 2. The zero-order chi connectivity index (χ0) is 17.6. The number of nitrogens with one attached hydrogen (secondary N) is 1. The summed E-state index contributed by atoms with van der Waals surface area (Å²) in [6.07, 6.45) is 2.66. The maximum atomic E-state index is 12.8. The molecule has 0 saturated heterocycles. The van der Waals surface area contributed by atoms with Crippen LogP contribution in [-0.4, -0.2) is 37.8 Å². The summed E-state index contributed by atoms with van der Waals surface area (Å²) in [6.45, 7) is 3.01. The number of carboxylic acid groups (broad SMARTS) is 1. The Bertz CT molecular complexity index is 907. The molecule has 0 bridgehead atoms. The first-order chi connectivity index (χ1) is 11.3. The number of nitrogens with zero attached hydrogens (tertiary/aromatic N) is 2. The van der Waals surface area contributed by atoms with Crippen molar-refractivity contribution in [2.24, 2.45) is 0 Å². The fourth-order valence-corrected chi connectivity index (χ4v) is 3.28. The topological polar surface area (TPSA) is 113 Å². The number of carbonyl (C=O) groups is 2. The van der Waals surface area contributed by atoms with Crippen molar-refractivity contribution in [3.05, 3.63) is 33.2 Å². The van der Waals surface area contributed by atoms with Crippen LogP contribution in [0.3, 0.4) is 0 Å². The molecular weight excluding hydrogens is 314 g/mol. The van der Waals surface area contributed by atoms with Crippen molar-refractivity contribution in [1.82, 2.24) is 14.5 Å². The highest BCUT2D eigenvalue weighted by molar-refractivity contribution is 5.99. The lowest BCUT2D eigenvalue weighted by atomic mass is 10.2. The number of aryl methyl sites for hydroxylation is 2. The van der Waals surface area contributed by atoms with E-state index in [9.17, 15) is 19.5 Å². The zero-order valence-electron chi connectivity index (χ0n) is 13.5. The minimum atomic E-state index is -1.23. The first-order valence-corrected chi connectivity index (χ1v) is 7.83. The molecule has 1 aliphatic rings. The van der Waals surface area contributed by atoms with Gasteiger partial charge >= 0.3 is 5.97 Å². The van der Waals surface area contributed by atoms with Crippen LogP contribution in [0.1, 0.15) is 47.9 Å². The minimum Gasteiger partial charge on any atom is -0.505 e. The van der Waals surface area contributed by atoms with Gasteiger partial charge in [0.2, 0.25) is 0 Å². The number of carboxylic acids is 1. The van der Waals surface area contributed by atoms with Crippen LogP contribution < -0.4 is 10.9 Å². The lowest BCUT2D eigenvalue weighted by molar-refractivity contribution is -0.135. The van der Waals surface area contributed by atoms with Gasteiger partial charge in [-0.3, -0.25) is 18.9 Å². The third-order valence-corrected chi connectivity index (χ3v) is 4.26. The molecule has 0 atom stereocenters. The molecule has 128 valence electrons. The fourth-order valence-electron chi connectivity index (χ4n) is 3.28. The van der Waals surface area contributed by atoms with Crippen LogP contribution in [0.25, 0.3) is 5.52 Å². The van der Waals surface area contributed by atoms with Crippen molar-refractivity contribution in [3.8, 4) is 5.75 Å². The van der Waals surface area contributed by atoms with Crippen LogP contribution in [0.15, 0.2) is 10.9 Å². The Balaban J connectivity index is 2.27. The molecule has 0 unspecified atom stereocenters. The van der Waals surface area contributed by atoms with Gasteiger partial charge in [-0.2, -0.15) is 0 Å². The van der Waals surface area contributed by atoms with Crippen LogP contribution in [0.4, 0.5) is 0 Å². The molecule has 1 aliphatic carbocycles. The van der Waals surface area contributed by atoms with E-state index in [0.29, 0.717) is 5.52 Å². The van der Waals surface area contributed by atoms with Gasteiger partial charge in [-0.1, -0.05) is 0 Å². The van der Waals surface area contributed by atoms with Gasteiger partial charge in [-0.05, 0) is 44.7 Å². The smallest absolute Gasteiger partial charge is 0.322 e. The van der Waals surface area contributed by atoms with Gasteiger partial charge in [0, 0.05) is 11.7 Å². The van der Waals surface area contributed by atoms with E-state index in [2.05, 4.69) is 5.32 Å². The number of aliphatic carboxylic acids is 1. The van der Waals surface area contributed by atoms with E-state index in [1.807, 2.05) is 13.8 Å². The monoisotopic (exact) mass is 333 g/mol. The van der Waals surface area contributed by atoms with Gasteiger partial charge in [0.05, 0.1) is 0 Å². The lowest BCUT2D eigenvalue weighted by Gasteiger charge is -2.18. The predicted octanol–water partition coefficient (Wildman–Crippen LogP) is 0.691. The quantitative estimate of drug-likeness (QED) is 0.762. The molecule has 8 nitrogen and oxygen atoms in total. The van der Waals surface area contributed by atoms with E-state index in [-0.39, 0.29) is 6.04 Å². The maximum Gasteiger partial charge on any atom is 0.322 e. The van der Waals surface area contributed by atoms with E-state index in [1.165, 1.54) is 4.68 Å². The molecule has 2 aromatic rings. The van der Waals surface area contributed by atoms with Gasteiger partial charge in [0.1, 0.15) is 17.6 Å². The lowest BCUT2D eigenvalue weighted by Crippen LogP contribution is -2.38. The van der Waals surface area contributed by atoms with Crippen LogP contribution in [-0.2, 0) is 17.6 Å². The highest BCUT2D eigenvalue weighted by atomic mass is 16.4. The van der Waals surface area contributed by atoms with E-state index < -0.39 is 35.3 Å². The van der Waals surface area contributed by atoms with Crippen molar-refractivity contribution in [2.45, 2.75) is 39.2 Å². The highest BCUT2D eigenvalue weighted by Gasteiger charge is 2.28. The molecule has 0 fully saturated rings. The van der Waals surface area contributed by atoms with Crippen LogP contribution >= 0.6 is 0 Å². The number of hydrogen-bond donors (Lipinski definition) is 3. The molecule has 0 radical (unpaired) electrons. The molecule has 1 amide bonds. The SMILES string of the molecule is CC(C)n1c(=O)c(C(=O)NCC(=O)O)c(O)c2cc3c(n21)CCC3. The van der Waals surface area contributed by atoms with E-state index in [4.69, 9.17) is 5.11 Å². The van der Waals surface area contributed by atoms with Crippen LogP contribution in [0, 0.1) is 0 Å². The molecule has 0 saturated carbocycles. The van der Waals surface area contributed by atoms with Crippen molar-refractivity contribution in [2.75, 3.05) is 6.54 Å². The molecular formula is C16H19N3O5. The molecule has 3 N–H and O–H groups in total. The predicted molar refractivity (Wildman–Crippen MR) is 85.7 cm³/mol. The van der Waals surface area contributed by atoms with Gasteiger partial charge in [0.25, 0.3) is 11.5 Å². The van der Waals surface area contributed by atoms with E-state index in [0.717, 1.165) is 30.5 Å². The van der Waals surface area contributed by atoms with Crippen molar-refractivity contribution in [1.29, 1.82) is 0 Å². The Hall–Kier alpha value is -2.77. The largest absolute Gasteiger partial charge is 0.505 e. The summed E-state index contributed by atoms with van der Waals surface area (Å²) >= 11 is 0. The summed E-state index contributed by atoms with van der Waals surface area (Å²) in [7, 11) is 0.